The number of nitrogens with zero attached hydrogens (tertiary/aromatic N) is 1. The fourth-order valence-electron chi connectivity index (χ4n) is 0.993. The molecule has 0 fully saturated rings. The number of hydrogen-bond acceptors (Lipinski definition) is 2. The van der Waals surface area contributed by atoms with Gasteiger partial charge in [-0.05, 0) is 6.07 Å². The number of aromatic amines is 1. The maximum atomic E-state index is 10.7. The summed E-state index contributed by atoms with van der Waals surface area (Å²) in [5.74, 6) is 0. The summed E-state index contributed by atoms with van der Waals surface area (Å²) in [5.41, 5.74) is 0.431. The first-order valence-corrected chi connectivity index (χ1v) is 3.31. The van der Waals surface area contributed by atoms with E-state index in [-0.39, 0.29) is 30.5 Å². The largest absolute Gasteiger partial charge is 0.345 e. The maximum Gasteiger partial charge on any atom is 0.345 e. The molecule has 0 unspecified atom stereocenters. The van der Waals surface area contributed by atoms with Gasteiger partial charge in [-0.1, -0.05) is 18.2 Å². The van der Waals surface area contributed by atoms with Gasteiger partial charge < -0.3 is 4.98 Å². The van der Waals surface area contributed by atoms with Crippen molar-refractivity contribution in [3.63, 3.8) is 0 Å². The zero-order valence-electron chi connectivity index (χ0n) is 6.56. The fourth-order valence-corrected chi connectivity index (χ4v) is 0.993. The number of aromatic nitrogens is 2. The Hall–Kier alpha value is -1.06. The summed E-state index contributed by atoms with van der Waals surface area (Å²) >= 11 is 0. The topological polar surface area (TPSA) is 45.8 Å². The van der Waals surface area contributed by atoms with Gasteiger partial charge in [0.15, 0.2) is 0 Å². The van der Waals surface area contributed by atoms with E-state index < -0.39 is 0 Å². The molecule has 1 aromatic heterocycles. The lowest BCUT2D eigenvalue weighted by Gasteiger charge is -1.91. The first kappa shape index (κ1) is 11.9. The van der Waals surface area contributed by atoms with Crippen LogP contribution >= 0.6 is 24.8 Å². The summed E-state index contributed by atoms with van der Waals surface area (Å²) in [6.45, 7) is 0. The molecule has 13 heavy (non-hydrogen) atoms. The number of para-hydroxylation sites is 1. The van der Waals surface area contributed by atoms with E-state index in [0.717, 1.165) is 10.9 Å². The molecule has 0 saturated carbocycles. The van der Waals surface area contributed by atoms with Crippen LogP contribution in [0.5, 0.6) is 0 Å². The molecule has 1 aromatic carbocycles. The second kappa shape index (κ2) is 4.84. The monoisotopic (exact) mass is 218 g/mol. The first-order valence-electron chi connectivity index (χ1n) is 3.31. The lowest BCUT2D eigenvalue weighted by atomic mass is 10.2. The summed E-state index contributed by atoms with van der Waals surface area (Å²) in [7, 11) is 0. The van der Waals surface area contributed by atoms with Crippen molar-refractivity contribution in [2.75, 3.05) is 0 Å². The Balaban J connectivity index is 0.000000720. The SMILES string of the molecule is Cl.Cl.O=c1nc2ccccc2c[nH]1. The van der Waals surface area contributed by atoms with Gasteiger partial charge in [-0.3, -0.25) is 0 Å². The smallest absolute Gasteiger partial charge is 0.312 e. The molecular weight excluding hydrogens is 211 g/mol. The third-order valence-corrected chi connectivity index (χ3v) is 1.51. The quantitative estimate of drug-likeness (QED) is 0.733. The van der Waals surface area contributed by atoms with Gasteiger partial charge in [-0.2, -0.15) is 4.98 Å². The third-order valence-electron chi connectivity index (χ3n) is 1.51. The van der Waals surface area contributed by atoms with E-state index in [4.69, 9.17) is 0 Å². The molecule has 70 valence electrons. The molecule has 2 rings (SSSR count). The molecule has 0 aliphatic carbocycles. The van der Waals surface area contributed by atoms with Crippen molar-refractivity contribution in [2.24, 2.45) is 0 Å². The zero-order valence-corrected chi connectivity index (χ0v) is 8.19. The minimum absolute atomic E-state index is 0. The van der Waals surface area contributed by atoms with Gasteiger partial charge in [0.25, 0.3) is 0 Å². The number of nitrogens with one attached hydrogen (secondary N) is 1. The lowest BCUT2D eigenvalue weighted by molar-refractivity contribution is 1.12. The summed E-state index contributed by atoms with van der Waals surface area (Å²) in [4.78, 5) is 17.0. The molecule has 0 saturated heterocycles. The number of benzene rings is 1. The van der Waals surface area contributed by atoms with Crippen LogP contribution in [0.2, 0.25) is 0 Å². The Morgan fingerprint density at radius 2 is 1.85 bits per heavy atom. The van der Waals surface area contributed by atoms with Crippen molar-refractivity contribution in [1.29, 1.82) is 0 Å². The lowest BCUT2D eigenvalue weighted by Crippen LogP contribution is -2.07. The third kappa shape index (κ3) is 2.44. The highest BCUT2D eigenvalue weighted by Crippen LogP contribution is 2.05. The average molecular weight is 219 g/mol. The fraction of sp³-hybridized carbons (Fsp3) is 0. The molecule has 2 aromatic rings. The minimum atomic E-state index is -0.302. The van der Waals surface area contributed by atoms with E-state index in [1.165, 1.54) is 0 Å². The van der Waals surface area contributed by atoms with Crippen LogP contribution in [0, 0.1) is 0 Å². The van der Waals surface area contributed by atoms with Crippen molar-refractivity contribution in [2.45, 2.75) is 0 Å². The number of hydrogen-bond donors (Lipinski definition) is 1. The molecule has 1 heterocycles. The van der Waals surface area contributed by atoms with Crippen LogP contribution in [0.15, 0.2) is 35.3 Å². The summed E-state index contributed by atoms with van der Waals surface area (Å²) in [5, 5.41) is 0.951. The highest BCUT2D eigenvalue weighted by atomic mass is 35.5. The second-order valence-electron chi connectivity index (χ2n) is 2.26. The molecule has 0 bridgehead atoms. The van der Waals surface area contributed by atoms with Gasteiger partial charge in [0.05, 0.1) is 5.52 Å². The van der Waals surface area contributed by atoms with Crippen molar-refractivity contribution in [3.8, 4) is 0 Å². The van der Waals surface area contributed by atoms with E-state index >= 15 is 0 Å². The van der Waals surface area contributed by atoms with E-state index in [0.29, 0.717) is 0 Å². The molecule has 1 N–H and O–H groups in total. The van der Waals surface area contributed by atoms with Gasteiger partial charge in [-0.15, -0.1) is 24.8 Å². The Kier molecular flexibility index (Phi) is 4.45. The average Bonchev–Trinajstić information content (AvgIpc) is 2.04. The van der Waals surface area contributed by atoms with E-state index in [2.05, 4.69) is 9.97 Å². The van der Waals surface area contributed by atoms with Crippen molar-refractivity contribution < 1.29 is 0 Å². The highest BCUT2D eigenvalue weighted by Gasteiger charge is 1.91. The van der Waals surface area contributed by atoms with Gasteiger partial charge in [-0.25, -0.2) is 4.79 Å². The Labute approximate surface area is 87.0 Å². The Bertz CT molecular complexity index is 441. The van der Waals surface area contributed by atoms with Crippen LogP contribution in [0.4, 0.5) is 0 Å². The normalized spacial score (nSPS) is 8.62. The molecule has 0 aliphatic heterocycles. The van der Waals surface area contributed by atoms with E-state index in [1.807, 2.05) is 24.3 Å². The van der Waals surface area contributed by atoms with E-state index in [1.54, 1.807) is 6.20 Å². The molecule has 0 aliphatic rings. The van der Waals surface area contributed by atoms with Crippen LogP contribution in [0.3, 0.4) is 0 Å². The van der Waals surface area contributed by atoms with Gasteiger partial charge in [0, 0.05) is 11.6 Å². The van der Waals surface area contributed by atoms with E-state index in [9.17, 15) is 4.79 Å². The summed E-state index contributed by atoms with van der Waals surface area (Å²) in [6, 6.07) is 7.47. The Morgan fingerprint density at radius 1 is 1.15 bits per heavy atom. The highest BCUT2D eigenvalue weighted by molar-refractivity contribution is 5.85. The Morgan fingerprint density at radius 3 is 2.62 bits per heavy atom. The van der Waals surface area contributed by atoms with Crippen molar-refractivity contribution in [3.05, 3.63) is 40.9 Å². The zero-order chi connectivity index (χ0) is 7.68. The van der Waals surface area contributed by atoms with Gasteiger partial charge in [0.1, 0.15) is 0 Å². The maximum absolute atomic E-state index is 10.7. The van der Waals surface area contributed by atoms with Crippen LogP contribution in [-0.4, -0.2) is 9.97 Å². The first-order chi connectivity index (χ1) is 5.36. The van der Waals surface area contributed by atoms with Crippen LogP contribution < -0.4 is 5.69 Å². The molecule has 0 spiro atoms. The molecule has 5 heteroatoms. The summed E-state index contributed by atoms with van der Waals surface area (Å²) < 4.78 is 0. The van der Waals surface area contributed by atoms with Crippen LogP contribution in [0.1, 0.15) is 0 Å². The molecular formula is C8H8Cl2N2O. The van der Waals surface area contributed by atoms with Gasteiger partial charge >= 0.3 is 5.69 Å². The summed E-state index contributed by atoms with van der Waals surface area (Å²) in [6.07, 6.45) is 1.66. The number of fused-ring (bicyclic) bond motifs is 1. The van der Waals surface area contributed by atoms with Crippen molar-refractivity contribution >= 4 is 35.7 Å². The standard InChI is InChI=1S/C8H6N2O.2ClH/c11-8-9-5-6-3-1-2-4-7(6)10-8;;/h1-5H,(H,9,10,11);2*1H. The minimum Gasteiger partial charge on any atom is -0.312 e. The van der Waals surface area contributed by atoms with Crippen LogP contribution in [-0.2, 0) is 0 Å². The van der Waals surface area contributed by atoms with Crippen LogP contribution in [0.25, 0.3) is 10.9 Å². The molecule has 0 radical (unpaired) electrons. The predicted octanol–water partition coefficient (Wildman–Crippen LogP) is 1.77. The van der Waals surface area contributed by atoms with Gasteiger partial charge in [0.2, 0.25) is 0 Å². The number of halogens is 2. The molecule has 0 atom stereocenters. The predicted molar refractivity (Wildman–Crippen MR) is 56.9 cm³/mol. The number of H-pyrrole nitrogens is 1. The van der Waals surface area contributed by atoms with Crippen molar-refractivity contribution in [1.82, 2.24) is 9.97 Å². The number of rotatable bonds is 0. The second-order valence-corrected chi connectivity index (χ2v) is 2.26. The molecule has 0 amide bonds. The molecule has 3 nitrogen and oxygen atoms in total.